The molecule has 0 fully saturated rings. The van der Waals surface area contributed by atoms with Crippen molar-refractivity contribution in [3.8, 4) is 11.3 Å². The molecule has 1 N–H and O–H groups in total. The maximum absolute atomic E-state index is 10.7. The van der Waals surface area contributed by atoms with Crippen molar-refractivity contribution in [2.75, 3.05) is 7.05 Å². The summed E-state index contributed by atoms with van der Waals surface area (Å²) in [6, 6.07) is 10.3. The van der Waals surface area contributed by atoms with Crippen molar-refractivity contribution in [2.45, 2.75) is 6.54 Å². The van der Waals surface area contributed by atoms with Gasteiger partial charge in [-0.05, 0) is 24.7 Å². The highest BCUT2D eigenvalue weighted by Gasteiger charge is 2.08. The summed E-state index contributed by atoms with van der Waals surface area (Å²) in [7, 11) is 1.87. The Kier molecular flexibility index (Phi) is 3.64. The van der Waals surface area contributed by atoms with E-state index in [1.807, 2.05) is 25.2 Å². The van der Waals surface area contributed by atoms with E-state index in [-0.39, 0.29) is 5.69 Å². The molecule has 0 bridgehead atoms. The molecule has 1 aromatic carbocycles. The van der Waals surface area contributed by atoms with Gasteiger partial charge in [-0.2, -0.15) is 0 Å². The van der Waals surface area contributed by atoms with Gasteiger partial charge in [-0.15, -0.1) is 0 Å². The monoisotopic (exact) mass is 243 g/mol. The fourth-order valence-electron chi connectivity index (χ4n) is 1.73. The molecule has 0 amide bonds. The van der Waals surface area contributed by atoms with Crippen molar-refractivity contribution in [1.29, 1.82) is 0 Å². The predicted molar refractivity (Wildman–Crippen MR) is 69.1 cm³/mol. The number of hydrogen-bond acceptors (Lipinski definition) is 4. The Bertz CT molecular complexity index is 570. The van der Waals surface area contributed by atoms with Crippen LogP contribution in [0.3, 0.4) is 0 Å². The zero-order chi connectivity index (χ0) is 13.0. The molecule has 1 heterocycles. The number of nitro benzene ring substituents is 1. The van der Waals surface area contributed by atoms with Crippen LogP contribution in [0, 0.1) is 10.1 Å². The molecule has 0 atom stereocenters. The normalized spacial score (nSPS) is 10.3. The summed E-state index contributed by atoms with van der Waals surface area (Å²) in [6.45, 7) is 0.741. The predicted octanol–water partition coefficient (Wildman–Crippen LogP) is 2.38. The van der Waals surface area contributed by atoms with Crippen molar-refractivity contribution in [2.24, 2.45) is 0 Å². The van der Waals surface area contributed by atoms with Gasteiger partial charge in [0.15, 0.2) is 0 Å². The van der Waals surface area contributed by atoms with Crippen molar-refractivity contribution >= 4 is 5.69 Å². The lowest BCUT2D eigenvalue weighted by molar-refractivity contribution is -0.384. The first-order chi connectivity index (χ1) is 8.70. The highest BCUT2D eigenvalue weighted by atomic mass is 16.6. The van der Waals surface area contributed by atoms with Crippen LogP contribution in [0.4, 0.5) is 5.69 Å². The first-order valence-corrected chi connectivity index (χ1v) is 5.55. The standard InChI is InChI=1S/C13H13N3O2/c1-14-9-10-5-6-15-13(7-10)11-3-2-4-12(8-11)16(17)18/h2-8,14H,9H2,1H3. The van der Waals surface area contributed by atoms with Crippen LogP contribution in [0.5, 0.6) is 0 Å². The molecule has 0 aliphatic carbocycles. The molecule has 5 heteroatoms. The molecule has 5 nitrogen and oxygen atoms in total. The van der Waals surface area contributed by atoms with E-state index < -0.39 is 4.92 Å². The Hall–Kier alpha value is -2.27. The molecule has 1 aromatic heterocycles. The van der Waals surface area contributed by atoms with Gasteiger partial charge >= 0.3 is 0 Å². The fourth-order valence-corrected chi connectivity index (χ4v) is 1.73. The number of nitrogens with one attached hydrogen (secondary N) is 1. The molecule has 0 radical (unpaired) electrons. The molecule has 2 aromatic rings. The maximum atomic E-state index is 10.7. The summed E-state index contributed by atoms with van der Waals surface area (Å²) >= 11 is 0. The SMILES string of the molecule is CNCc1ccnc(-c2cccc([N+](=O)[O-])c2)c1. The second-order valence-electron chi connectivity index (χ2n) is 3.89. The van der Waals surface area contributed by atoms with E-state index in [1.54, 1.807) is 12.3 Å². The average Bonchev–Trinajstić information content (AvgIpc) is 2.39. The smallest absolute Gasteiger partial charge is 0.270 e. The number of nitro groups is 1. The third kappa shape index (κ3) is 2.70. The van der Waals surface area contributed by atoms with E-state index in [9.17, 15) is 10.1 Å². The highest BCUT2D eigenvalue weighted by Crippen LogP contribution is 2.22. The number of aromatic nitrogens is 1. The van der Waals surface area contributed by atoms with Crippen LogP contribution in [-0.2, 0) is 6.54 Å². The number of rotatable bonds is 4. The van der Waals surface area contributed by atoms with Crippen LogP contribution in [0.15, 0.2) is 42.6 Å². The molecular weight excluding hydrogens is 230 g/mol. The quantitative estimate of drug-likeness (QED) is 0.661. The number of nitrogens with zero attached hydrogens (tertiary/aromatic N) is 2. The minimum atomic E-state index is -0.402. The Morgan fingerprint density at radius 3 is 2.89 bits per heavy atom. The van der Waals surface area contributed by atoms with Gasteiger partial charge in [-0.1, -0.05) is 12.1 Å². The Morgan fingerprint density at radius 2 is 2.17 bits per heavy atom. The summed E-state index contributed by atoms with van der Waals surface area (Å²) < 4.78 is 0. The van der Waals surface area contributed by atoms with Crippen molar-refractivity contribution < 1.29 is 4.92 Å². The molecule has 0 spiro atoms. The van der Waals surface area contributed by atoms with Crippen LogP contribution >= 0.6 is 0 Å². The molecule has 92 valence electrons. The number of pyridine rings is 1. The van der Waals surface area contributed by atoms with Crippen LogP contribution in [-0.4, -0.2) is 17.0 Å². The van der Waals surface area contributed by atoms with Crippen LogP contribution in [0.25, 0.3) is 11.3 Å². The van der Waals surface area contributed by atoms with E-state index in [1.165, 1.54) is 12.1 Å². The summed E-state index contributed by atoms with van der Waals surface area (Å²) in [4.78, 5) is 14.6. The van der Waals surface area contributed by atoms with Crippen molar-refractivity contribution in [3.63, 3.8) is 0 Å². The van der Waals surface area contributed by atoms with Gasteiger partial charge in [-0.3, -0.25) is 15.1 Å². The molecule has 0 saturated carbocycles. The first kappa shape index (κ1) is 12.2. The molecule has 0 saturated heterocycles. The summed E-state index contributed by atoms with van der Waals surface area (Å²) in [5.74, 6) is 0. The summed E-state index contributed by atoms with van der Waals surface area (Å²) in [5.41, 5.74) is 2.66. The van der Waals surface area contributed by atoms with E-state index >= 15 is 0 Å². The number of non-ortho nitro benzene ring substituents is 1. The van der Waals surface area contributed by atoms with Gasteiger partial charge in [0.2, 0.25) is 0 Å². The Balaban J connectivity index is 2.38. The van der Waals surface area contributed by atoms with Gasteiger partial charge in [0.05, 0.1) is 10.6 Å². The van der Waals surface area contributed by atoms with Crippen molar-refractivity contribution in [3.05, 3.63) is 58.3 Å². The minimum absolute atomic E-state index is 0.0771. The summed E-state index contributed by atoms with van der Waals surface area (Å²) in [5, 5.41) is 13.8. The first-order valence-electron chi connectivity index (χ1n) is 5.55. The number of hydrogen-bond donors (Lipinski definition) is 1. The fraction of sp³-hybridized carbons (Fsp3) is 0.154. The van der Waals surface area contributed by atoms with Gasteiger partial charge < -0.3 is 5.32 Å². The van der Waals surface area contributed by atoms with Gasteiger partial charge in [0.25, 0.3) is 5.69 Å². The zero-order valence-electron chi connectivity index (χ0n) is 9.96. The number of benzene rings is 1. The van der Waals surface area contributed by atoms with Gasteiger partial charge in [0, 0.05) is 30.4 Å². The molecule has 0 aliphatic heterocycles. The molecule has 2 rings (SSSR count). The van der Waals surface area contributed by atoms with Gasteiger partial charge in [0.1, 0.15) is 0 Å². The van der Waals surface area contributed by atoms with Crippen LogP contribution in [0.2, 0.25) is 0 Å². The van der Waals surface area contributed by atoms with Crippen molar-refractivity contribution in [1.82, 2.24) is 10.3 Å². The topological polar surface area (TPSA) is 68.1 Å². The third-order valence-electron chi connectivity index (χ3n) is 2.56. The average molecular weight is 243 g/mol. The van der Waals surface area contributed by atoms with Crippen LogP contribution < -0.4 is 5.32 Å². The zero-order valence-corrected chi connectivity index (χ0v) is 9.96. The Labute approximate surface area is 105 Å². The highest BCUT2D eigenvalue weighted by molar-refractivity contribution is 5.62. The lowest BCUT2D eigenvalue weighted by Crippen LogP contribution is -2.05. The molecular formula is C13H13N3O2. The maximum Gasteiger partial charge on any atom is 0.270 e. The van der Waals surface area contributed by atoms with Crippen LogP contribution in [0.1, 0.15) is 5.56 Å². The van der Waals surface area contributed by atoms with E-state index in [0.29, 0.717) is 0 Å². The molecule has 18 heavy (non-hydrogen) atoms. The van der Waals surface area contributed by atoms with E-state index in [0.717, 1.165) is 23.4 Å². The third-order valence-corrected chi connectivity index (χ3v) is 2.56. The second-order valence-corrected chi connectivity index (χ2v) is 3.89. The molecule has 0 unspecified atom stereocenters. The minimum Gasteiger partial charge on any atom is -0.316 e. The lowest BCUT2D eigenvalue weighted by atomic mass is 10.1. The van der Waals surface area contributed by atoms with E-state index in [4.69, 9.17) is 0 Å². The van der Waals surface area contributed by atoms with Gasteiger partial charge in [-0.25, -0.2) is 0 Å². The second kappa shape index (κ2) is 5.37. The summed E-state index contributed by atoms with van der Waals surface area (Å²) in [6.07, 6.45) is 1.71. The molecule has 0 aliphatic rings. The lowest BCUT2D eigenvalue weighted by Gasteiger charge is -2.04. The van der Waals surface area contributed by atoms with E-state index in [2.05, 4.69) is 10.3 Å². The Morgan fingerprint density at radius 1 is 1.33 bits per heavy atom. The largest absolute Gasteiger partial charge is 0.316 e.